The summed E-state index contributed by atoms with van der Waals surface area (Å²) >= 11 is 0. The monoisotopic (exact) mass is 408 g/mol. The van der Waals surface area contributed by atoms with Gasteiger partial charge in [-0.1, -0.05) is 0 Å². The maximum atomic E-state index is 12.9. The highest BCUT2D eigenvalue weighted by Crippen LogP contribution is 2.32. The summed E-state index contributed by atoms with van der Waals surface area (Å²) in [6, 6.07) is 7.69. The Morgan fingerprint density at radius 2 is 1.86 bits per heavy atom. The first-order chi connectivity index (χ1) is 13.2. The van der Waals surface area contributed by atoms with Gasteiger partial charge in [0.1, 0.15) is 17.2 Å². The predicted molar refractivity (Wildman–Crippen MR) is 105 cm³/mol. The first-order valence-electron chi connectivity index (χ1n) is 8.92. The van der Waals surface area contributed by atoms with E-state index in [1.165, 1.54) is 16.4 Å². The molecule has 2 heterocycles. The van der Waals surface area contributed by atoms with Crippen LogP contribution in [-0.4, -0.2) is 62.8 Å². The number of likely N-dealkylation sites (N-methyl/N-ethyl adjacent to an activating group) is 1. The summed E-state index contributed by atoms with van der Waals surface area (Å²) in [6.07, 6.45) is 0. The number of aryl methyl sites for hydroxylation is 1. The minimum absolute atomic E-state index is 0.0604. The Balaban J connectivity index is 1.89. The van der Waals surface area contributed by atoms with Gasteiger partial charge in [0.25, 0.3) is 5.69 Å². The number of sulfonamides is 1. The predicted octanol–water partition coefficient (Wildman–Crippen LogP) is 2.07. The van der Waals surface area contributed by atoms with Crippen LogP contribution in [0.4, 0.5) is 11.4 Å². The lowest BCUT2D eigenvalue weighted by Crippen LogP contribution is -2.47. The van der Waals surface area contributed by atoms with E-state index in [1.807, 2.05) is 31.0 Å². The fraction of sp³-hybridized carbons (Fsp3) is 0.444. The zero-order valence-corrected chi connectivity index (χ0v) is 17.0. The molecule has 0 atom stereocenters. The summed E-state index contributed by atoms with van der Waals surface area (Å²) in [4.78, 5) is 14.7. The summed E-state index contributed by atoms with van der Waals surface area (Å²) in [7, 11) is -0.141. The van der Waals surface area contributed by atoms with Crippen molar-refractivity contribution in [1.29, 1.82) is 0 Å². The van der Waals surface area contributed by atoms with Gasteiger partial charge in [0.05, 0.1) is 16.4 Å². The average Bonchev–Trinajstić information content (AvgIpc) is 3.06. The third kappa shape index (κ3) is 4.18. The van der Waals surface area contributed by atoms with Crippen LogP contribution < -0.4 is 4.90 Å². The summed E-state index contributed by atoms with van der Waals surface area (Å²) in [5, 5.41) is 11.6. The molecule has 1 aliphatic heterocycles. The fourth-order valence-corrected chi connectivity index (χ4v) is 4.64. The number of anilines is 1. The summed E-state index contributed by atoms with van der Waals surface area (Å²) in [6.45, 7) is 4.15. The Morgan fingerprint density at radius 1 is 1.18 bits per heavy atom. The van der Waals surface area contributed by atoms with Gasteiger partial charge in [0.2, 0.25) is 10.0 Å². The Morgan fingerprint density at radius 3 is 2.43 bits per heavy atom. The number of nitrogens with zero attached hydrogens (tertiary/aromatic N) is 4. The summed E-state index contributed by atoms with van der Waals surface area (Å²) in [5.74, 6) is 1.43. The van der Waals surface area contributed by atoms with Crippen molar-refractivity contribution in [2.24, 2.45) is 0 Å². The first-order valence-corrected chi connectivity index (χ1v) is 10.4. The molecule has 152 valence electrons. The molecular weight excluding hydrogens is 384 g/mol. The number of hydrogen-bond donors (Lipinski definition) is 0. The normalized spacial score (nSPS) is 16.2. The SMILES string of the molecule is Cc1ccc(CN(C)c2ccc(S(=O)(=O)N3CCN(C)CC3)cc2[N+](=O)[O-])o1. The Kier molecular flexibility index (Phi) is 5.73. The topological polar surface area (TPSA) is 100 Å². The maximum absolute atomic E-state index is 12.9. The highest BCUT2D eigenvalue weighted by Gasteiger charge is 2.30. The van der Waals surface area contributed by atoms with Crippen molar-refractivity contribution in [3.8, 4) is 0 Å². The minimum atomic E-state index is -3.77. The second-order valence-electron chi connectivity index (χ2n) is 6.98. The average molecular weight is 408 g/mol. The number of nitro benzene ring substituents is 1. The van der Waals surface area contributed by atoms with Gasteiger partial charge >= 0.3 is 0 Å². The molecule has 1 fully saturated rings. The number of piperazine rings is 1. The minimum Gasteiger partial charge on any atom is -0.464 e. The highest BCUT2D eigenvalue weighted by molar-refractivity contribution is 7.89. The Bertz CT molecular complexity index is 964. The molecule has 10 heteroatoms. The zero-order chi connectivity index (χ0) is 20.5. The smallest absolute Gasteiger partial charge is 0.293 e. The Hall–Kier alpha value is -2.43. The van der Waals surface area contributed by atoms with Crippen LogP contribution in [0.5, 0.6) is 0 Å². The van der Waals surface area contributed by atoms with E-state index >= 15 is 0 Å². The summed E-state index contributed by atoms with van der Waals surface area (Å²) in [5.41, 5.74) is 0.0809. The van der Waals surface area contributed by atoms with E-state index in [2.05, 4.69) is 0 Å². The highest BCUT2D eigenvalue weighted by atomic mass is 32.2. The van der Waals surface area contributed by atoms with Gasteiger partial charge in [-0.15, -0.1) is 0 Å². The number of benzene rings is 1. The molecule has 1 aromatic carbocycles. The fourth-order valence-electron chi connectivity index (χ4n) is 3.20. The van der Waals surface area contributed by atoms with Crippen LogP contribution in [0.25, 0.3) is 0 Å². The molecule has 9 nitrogen and oxygen atoms in total. The molecule has 0 N–H and O–H groups in total. The van der Waals surface area contributed by atoms with Crippen molar-refractivity contribution in [1.82, 2.24) is 9.21 Å². The molecule has 0 amide bonds. The van der Waals surface area contributed by atoms with E-state index in [9.17, 15) is 18.5 Å². The molecule has 1 aliphatic rings. The van der Waals surface area contributed by atoms with Crippen LogP contribution in [0.3, 0.4) is 0 Å². The van der Waals surface area contributed by atoms with E-state index in [1.54, 1.807) is 11.9 Å². The van der Waals surface area contributed by atoms with Gasteiger partial charge in [-0.3, -0.25) is 10.1 Å². The lowest BCUT2D eigenvalue weighted by atomic mass is 10.2. The van der Waals surface area contributed by atoms with Gasteiger partial charge in [-0.05, 0) is 38.2 Å². The van der Waals surface area contributed by atoms with E-state index in [0.717, 1.165) is 11.8 Å². The maximum Gasteiger partial charge on any atom is 0.293 e. The van der Waals surface area contributed by atoms with Crippen molar-refractivity contribution in [2.45, 2.75) is 18.4 Å². The van der Waals surface area contributed by atoms with Gasteiger partial charge in [-0.2, -0.15) is 4.31 Å². The first kappa shape index (κ1) is 20.3. The molecule has 3 rings (SSSR count). The van der Waals surface area contributed by atoms with E-state index in [-0.39, 0.29) is 10.6 Å². The molecule has 0 aliphatic carbocycles. The lowest BCUT2D eigenvalue weighted by molar-refractivity contribution is -0.384. The largest absolute Gasteiger partial charge is 0.464 e. The van der Waals surface area contributed by atoms with Gasteiger partial charge in [-0.25, -0.2) is 8.42 Å². The van der Waals surface area contributed by atoms with Crippen molar-refractivity contribution in [3.63, 3.8) is 0 Å². The molecular formula is C18H24N4O5S. The zero-order valence-electron chi connectivity index (χ0n) is 16.2. The Labute approximate surface area is 164 Å². The number of nitro groups is 1. The third-order valence-electron chi connectivity index (χ3n) is 4.84. The third-order valence-corrected chi connectivity index (χ3v) is 6.74. The number of furan rings is 1. The van der Waals surface area contributed by atoms with Crippen LogP contribution in [0.2, 0.25) is 0 Å². The molecule has 0 bridgehead atoms. The van der Waals surface area contributed by atoms with Gasteiger partial charge < -0.3 is 14.2 Å². The van der Waals surface area contributed by atoms with Crippen molar-refractivity contribution in [3.05, 3.63) is 52.0 Å². The quantitative estimate of drug-likeness (QED) is 0.533. The molecule has 0 saturated carbocycles. The molecule has 1 aromatic heterocycles. The van der Waals surface area contributed by atoms with Gasteiger partial charge in [0, 0.05) is 39.3 Å². The van der Waals surface area contributed by atoms with Crippen molar-refractivity contribution in [2.75, 3.05) is 45.2 Å². The second-order valence-corrected chi connectivity index (χ2v) is 8.92. The molecule has 1 saturated heterocycles. The van der Waals surface area contributed by atoms with Crippen LogP contribution in [-0.2, 0) is 16.6 Å². The van der Waals surface area contributed by atoms with Crippen molar-refractivity contribution >= 4 is 21.4 Å². The molecule has 0 spiro atoms. The van der Waals surface area contributed by atoms with E-state index < -0.39 is 14.9 Å². The standard InChI is InChI=1S/C18H24N4O5S/c1-14-4-5-15(27-14)13-20(3)17-7-6-16(12-18(17)22(23)24)28(25,26)21-10-8-19(2)9-11-21/h4-7,12H,8-11,13H2,1-3H3. The van der Waals surface area contributed by atoms with Crippen LogP contribution in [0.1, 0.15) is 11.5 Å². The lowest BCUT2D eigenvalue weighted by Gasteiger charge is -2.31. The van der Waals surface area contributed by atoms with Crippen molar-refractivity contribution < 1.29 is 17.8 Å². The van der Waals surface area contributed by atoms with E-state index in [4.69, 9.17) is 4.42 Å². The van der Waals surface area contributed by atoms with Gasteiger partial charge in [0.15, 0.2) is 0 Å². The molecule has 0 radical (unpaired) electrons. The van der Waals surface area contributed by atoms with Crippen LogP contribution >= 0.6 is 0 Å². The van der Waals surface area contributed by atoms with Crippen LogP contribution in [0.15, 0.2) is 39.6 Å². The molecule has 28 heavy (non-hydrogen) atoms. The molecule has 0 unspecified atom stereocenters. The number of hydrogen-bond acceptors (Lipinski definition) is 7. The number of rotatable bonds is 6. The molecule has 2 aromatic rings. The van der Waals surface area contributed by atoms with E-state index in [0.29, 0.717) is 44.2 Å². The second kappa shape index (κ2) is 7.90. The van der Waals surface area contributed by atoms with Crippen LogP contribution in [0, 0.1) is 17.0 Å². The summed E-state index contributed by atoms with van der Waals surface area (Å²) < 4.78 is 32.7.